The summed E-state index contributed by atoms with van der Waals surface area (Å²) in [5.74, 6) is 0. The second-order valence-corrected chi connectivity index (χ2v) is 3.99. The van der Waals surface area contributed by atoms with Crippen LogP contribution in [0, 0.1) is 0 Å². The van der Waals surface area contributed by atoms with Gasteiger partial charge in [0.15, 0.2) is 0 Å². The Bertz CT molecular complexity index is 453. The van der Waals surface area contributed by atoms with Gasteiger partial charge >= 0.3 is 0 Å². The molecule has 0 spiro atoms. The molecule has 5 nitrogen and oxygen atoms in total. The van der Waals surface area contributed by atoms with E-state index in [-0.39, 0.29) is 6.10 Å². The molecule has 90 valence electrons. The largest absolute Gasteiger partial charge is 0.392 e. The van der Waals surface area contributed by atoms with Crippen molar-refractivity contribution >= 4 is 0 Å². The van der Waals surface area contributed by atoms with Gasteiger partial charge in [-0.2, -0.15) is 5.10 Å². The van der Waals surface area contributed by atoms with Crippen LogP contribution < -0.4 is 5.32 Å². The summed E-state index contributed by atoms with van der Waals surface area (Å²) in [6, 6.07) is 3.88. The second-order valence-electron chi connectivity index (χ2n) is 3.99. The summed E-state index contributed by atoms with van der Waals surface area (Å²) in [5, 5.41) is 19.3. The summed E-state index contributed by atoms with van der Waals surface area (Å²) in [7, 11) is 0. The molecule has 0 aliphatic carbocycles. The van der Waals surface area contributed by atoms with Gasteiger partial charge in [-0.3, -0.25) is 10.1 Å². The Morgan fingerprint density at radius 1 is 1.47 bits per heavy atom. The number of hydrogen-bond acceptors (Lipinski definition) is 4. The molecule has 0 radical (unpaired) electrons. The molecule has 2 rings (SSSR count). The average molecular weight is 232 g/mol. The van der Waals surface area contributed by atoms with Gasteiger partial charge in [-0.15, -0.1) is 0 Å². The first kappa shape index (κ1) is 11.8. The molecule has 0 aliphatic rings. The normalized spacial score (nSPS) is 12.6. The van der Waals surface area contributed by atoms with E-state index < -0.39 is 0 Å². The highest BCUT2D eigenvalue weighted by molar-refractivity contribution is 5.61. The third kappa shape index (κ3) is 3.12. The van der Waals surface area contributed by atoms with Crippen molar-refractivity contribution in [2.75, 3.05) is 6.54 Å². The lowest BCUT2D eigenvalue weighted by Gasteiger charge is -2.07. The van der Waals surface area contributed by atoms with Gasteiger partial charge in [-0.05, 0) is 19.1 Å². The van der Waals surface area contributed by atoms with Crippen molar-refractivity contribution in [2.45, 2.75) is 19.6 Å². The Kier molecular flexibility index (Phi) is 3.85. The second kappa shape index (κ2) is 5.56. The van der Waals surface area contributed by atoms with Gasteiger partial charge in [-0.25, -0.2) is 0 Å². The molecule has 0 fully saturated rings. The number of rotatable bonds is 5. The number of H-pyrrole nitrogens is 1. The number of aromatic amines is 1. The number of aliphatic hydroxyl groups is 1. The molecule has 2 aromatic heterocycles. The first-order valence-electron chi connectivity index (χ1n) is 5.59. The molecule has 17 heavy (non-hydrogen) atoms. The maximum Gasteiger partial charge on any atom is 0.0710 e. The predicted molar refractivity (Wildman–Crippen MR) is 65.2 cm³/mol. The number of hydrogen-bond donors (Lipinski definition) is 3. The summed E-state index contributed by atoms with van der Waals surface area (Å²) in [4.78, 5) is 4.08. The van der Waals surface area contributed by atoms with Gasteiger partial charge in [0, 0.05) is 36.6 Å². The molecule has 3 N–H and O–H groups in total. The van der Waals surface area contributed by atoms with Crippen LogP contribution in [0.1, 0.15) is 12.5 Å². The van der Waals surface area contributed by atoms with Crippen LogP contribution >= 0.6 is 0 Å². The van der Waals surface area contributed by atoms with Crippen molar-refractivity contribution in [3.8, 4) is 11.3 Å². The van der Waals surface area contributed by atoms with Crippen molar-refractivity contribution in [3.05, 3.63) is 36.3 Å². The number of pyridine rings is 1. The van der Waals surface area contributed by atoms with E-state index in [9.17, 15) is 5.11 Å². The predicted octanol–water partition coefficient (Wildman–Crippen LogP) is 0.942. The van der Waals surface area contributed by atoms with Crippen LogP contribution in [0.2, 0.25) is 0 Å². The van der Waals surface area contributed by atoms with Crippen LogP contribution in [-0.4, -0.2) is 32.9 Å². The Labute approximate surface area is 99.9 Å². The molecule has 2 heterocycles. The van der Waals surface area contributed by atoms with E-state index in [1.807, 2.05) is 12.1 Å². The van der Waals surface area contributed by atoms with Crippen LogP contribution in [0.5, 0.6) is 0 Å². The lowest BCUT2D eigenvalue weighted by molar-refractivity contribution is 0.191. The van der Waals surface area contributed by atoms with Gasteiger partial charge in [0.25, 0.3) is 0 Å². The fraction of sp³-hybridized carbons (Fsp3) is 0.333. The highest BCUT2D eigenvalue weighted by Crippen LogP contribution is 2.19. The zero-order valence-electron chi connectivity index (χ0n) is 9.72. The van der Waals surface area contributed by atoms with E-state index in [4.69, 9.17) is 0 Å². The number of aliphatic hydroxyl groups excluding tert-OH is 1. The molecule has 0 bridgehead atoms. The van der Waals surface area contributed by atoms with Gasteiger partial charge < -0.3 is 10.4 Å². The average Bonchev–Trinajstić information content (AvgIpc) is 2.78. The summed E-state index contributed by atoms with van der Waals surface area (Å²) in [6.07, 6.45) is 4.98. The lowest BCUT2D eigenvalue weighted by atomic mass is 10.1. The third-order valence-electron chi connectivity index (χ3n) is 2.42. The topological polar surface area (TPSA) is 73.8 Å². The molecule has 0 aromatic carbocycles. The van der Waals surface area contributed by atoms with E-state index in [1.165, 1.54) is 0 Å². The van der Waals surface area contributed by atoms with Crippen LogP contribution in [0.3, 0.4) is 0 Å². The summed E-state index contributed by atoms with van der Waals surface area (Å²) >= 11 is 0. The van der Waals surface area contributed by atoms with Crippen LogP contribution in [0.4, 0.5) is 0 Å². The van der Waals surface area contributed by atoms with Crippen molar-refractivity contribution in [1.82, 2.24) is 20.5 Å². The minimum absolute atomic E-state index is 0.344. The Balaban J connectivity index is 2.07. The molecule has 0 saturated carbocycles. The van der Waals surface area contributed by atoms with Gasteiger partial charge in [-0.1, -0.05) is 0 Å². The third-order valence-corrected chi connectivity index (χ3v) is 2.42. The van der Waals surface area contributed by atoms with Gasteiger partial charge in [0.1, 0.15) is 0 Å². The minimum atomic E-state index is -0.344. The van der Waals surface area contributed by atoms with Crippen LogP contribution in [-0.2, 0) is 6.54 Å². The lowest BCUT2D eigenvalue weighted by Crippen LogP contribution is -2.23. The van der Waals surface area contributed by atoms with Crippen molar-refractivity contribution < 1.29 is 5.11 Å². The molecule has 0 saturated heterocycles. The first-order valence-corrected chi connectivity index (χ1v) is 5.59. The fourth-order valence-electron chi connectivity index (χ4n) is 1.62. The Morgan fingerprint density at radius 3 is 3.06 bits per heavy atom. The van der Waals surface area contributed by atoms with Crippen molar-refractivity contribution in [1.29, 1.82) is 0 Å². The van der Waals surface area contributed by atoms with Crippen LogP contribution in [0.25, 0.3) is 11.3 Å². The zero-order chi connectivity index (χ0) is 12.1. The fourth-order valence-corrected chi connectivity index (χ4v) is 1.62. The Morgan fingerprint density at radius 2 is 2.35 bits per heavy atom. The van der Waals surface area contributed by atoms with E-state index in [2.05, 4.69) is 20.5 Å². The summed E-state index contributed by atoms with van der Waals surface area (Å²) < 4.78 is 0. The molecule has 0 aliphatic heterocycles. The monoisotopic (exact) mass is 232 g/mol. The van der Waals surface area contributed by atoms with Crippen molar-refractivity contribution in [2.24, 2.45) is 0 Å². The number of aromatic nitrogens is 3. The minimum Gasteiger partial charge on any atom is -0.392 e. The molecule has 1 unspecified atom stereocenters. The SMILES string of the molecule is CC(O)CNCc1cn[nH]c1-c1cccnc1. The van der Waals surface area contributed by atoms with Crippen LogP contribution in [0.15, 0.2) is 30.7 Å². The molecule has 0 amide bonds. The number of nitrogens with zero attached hydrogens (tertiary/aromatic N) is 2. The molecule has 2 aromatic rings. The summed E-state index contributed by atoms with van der Waals surface area (Å²) in [6.45, 7) is 2.99. The molecular weight excluding hydrogens is 216 g/mol. The maximum atomic E-state index is 9.17. The molecule has 5 heteroatoms. The maximum absolute atomic E-state index is 9.17. The molecular formula is C12H16N4O. The Hall–Kier alpha value is -1.72. The summed E-state index contributed by atoms with van der Waals surface area (Å²) in [5.41, 5.74) is 3.05. The van der Waals surface area contributed by atoms with E-state index in [0.717, 1.165) is 16.8 Å². The standard InChI is InChI=1S/C12H16N4O/c1-9(17)5-14-7-11-8-15-16-12(11)10-3-2-4-13-6-10/h2-4,6,8-9,14,17H,5,7H2,1H3,(H,15,16). The van der Waals surface area contributed by atoms with Crippen molar-refractivity contribution in [3.63, 3.8) is 0 Å². The van der Waals surface area contributed by atoms with E-state index in [0.29, 0.717) is 13.1 Å². The van der Waals surface area contributed by atoms with E-state index >= 15 is 0 Å². The highest BCUT2D eigenvalue weighted by Gasteiger charge is 2.07. The highest BCUT2D eigenvalue weighted by atomic mass is 16.3. The van der Waals surface area contributed by atoms with E-state index in [1.54, 1.807) is 25.5 Å². The van der Waals surface area contributed by atoms with Gasteiger partial charge in [0.05, 0.1) is 18.0 Å². The molecule has 1 atom stereocenters. The number of nitrogens with one attached hydrogen (secondary N) is 2. The first-order chi connectivity index (χ1) is 8.27. The quantitative estimate of drug-likeness (QED) is 0.717. The smallest absolute Gasteiger partial charge is 0.0710 e. The zero-order valence-corrected chi connectivity index (χ0v) is 9.72. The van der Waals surface area contributed by atoms with Gasteiger partial charge in [0.2, 0.25) is 0 Å².